The van der Waals surface area contributed by atoms with Crippen molar-refractivity contribution in [3.8, 4) is 0 Å². The maximum Gasteiger partial charge on any atom is 0.148 e. The molecule has 2 unspecified atom stereocenters. The summed E-state index contributed by atoms with van der Waals surface area (Å²) < 4.78 is 1.79. The lowest BCUT2D eigenvalue weighted by Crippen LogP contribution is -2.40. The smallest absolute Gasteiger partial charge is 0.148 e. The van der Waals surface area contributed by atoms with Crippen LogP contribution < -0.4 is 5.32 Å². The fourth-order valence-corrected chi connectivity index (χ4v) is 3.90. The number of benzene rings is 1. The van der Waals surface area contributed by atoms with Crippen molar-refractivity contribution in [1.82, 2.24) is 14.7 Å². The van der Waals surface area contributed by atoms with Crippen LogP contribution in [-0.4, -0.2) is 43.8 Å². The summed E-state index contributed by atoms with van der Waals surface area (Å²) in [5, 5.41) is 20.5. The molecule has 1 aromatic heterocycles. The molecule has 0 spiro atoms. The number of nitrogens with one attached hydrogen (secondary N) is 1. The van der Waals surface area contributed by atoms with Crippen LogP contribution in [-0.2, 0) is 13.5 Å². The fourth-order valence-electron chi connectivity index (χ4n) is 3.90. The van der Waals surface area contributed by atoms with Crippen molar-refractivity contribution in [3.63, 3.8) is 0 Å². The zero-order valence-electron chi connectivity index (χ0n) is 14.8. The molecule has 136 valence electrons. The second-order valence-corrected chi connectivity index (χ2v) is 6.87. The minimum absolute atomic E-state index is 0.0716. The van der Waals surface area contributed by atoms with Crippen LogP contribution in [0.1, 0.15) is 29.2 Å². The molecule has 8 nitrogen and oxygen atoms in total. The first-order valence-electron chi connectivity index (χ1n) is 8.88. The molecular weight excluding hydrogens is 342 g/mol. The third-order valence-corrected chi connectivity index (χ3v) is 5.19. The van der Waals surface area contributed by atoms with Crippen LogP contribution in [0.3, 0.4) is 0 Å². The fraction of sp³-hybridized carbons (Fsp3) is 0.263. The molecule has 8 heteroatoms. The van der Waals surface area contributed by atoms with Gasteiger partial charge in [-0.15, -0.1) is 0 Å². The second kappa shape index (κ2) is 6.08. The van der Waals surface area contributed by atoms with Gasteiger partial charge in [-0.05, 0) is 30.5 Å². The monoisotopic (exact) mass is 361 g/mol. The number of fused-ring (bicyclic) bond motifs is 2. The highest BCUT2D eigenvalue weighted by atomic mass is 16.4. The average molecular weight is 361 g/mol. The van der Waals surface area contributed by atoms with Gasteiger partial charge < -0.3 is 15.4 Å². The molecule has 0 fully saturated rings. The van der Waals surface area contributed by atoms with E-state index in [1.54, 1.807) is 17.1 Å². The molecule has 1 aromatic carbocycles. The third-order valence-electron chi connectivity index (χ3n) is 5.19. The van der Waals surface area contributed by atoms with Crippen LogP contribution in [0.5, 0.6) is 0 Å². The van der Waals surface area contributed by atoms with E-state index in [2.05, 4.69) is 31.5 Å². The highest BCUT2D eigenvalue weighted by Crippen LogP contribution is 2.34. The van der Waals surface area contributed by atoms with Gasteiger partial charge in [0.1, 0.15) is 18.0 Å². The van der Waals surface area contributed by atoms with Crippen molar-refractivity contribution in [3.05, 3.63) is 59.7 Å². The van der Waals surface area contributed by atoms with Crippen LogP contribution in [0, 0.1) is 0 Å². The van der Waals surface area contributed by atoms with Gasteiger partial charge in [0.2, 0.25) is 0 Å². The molecule has 0 bridgehead atoms. The summed E-state index contributed by atoms with van der Waals surface area (Å²) >= 11 is 0. The van der Waals surface area contributed by atoms with Gasteiger partial charge >= 0.3 is 0 Å². The summed E-state index contributed by atoms with van der Waals surface area (Å²) in [7, 11) is 1.91. The minimum Gasteiger partial charge on any atom is -0.411 e. The summed E-state index contributed by atoms with van der Waals surface area (Å²) in [6.07, 6.45) is 10.9. The maximum atomic E-state index is 9.13. The van der Waals surface area contributed by atoms with E-state index in [0.717, 1.165) is 41.2 Å². The highest BCUT2D eigenvalue weighted by Gasteiger charge is 2.37. The Morgan fingerprint density at radius 3 is 3.04 bits per heavy atom. The number of hydrogen-bond acceptors (Lipinski definition) is 7. The Balaban J connectivity index is 1.47. The van der Waals surface area contributed by atoms with Crippen molar-refractivity contribution < 1.29 is 5.21 Å². The number of aliphatic imine (C=N–C) groups is 2. The lowest BCUT2D eigenvalue weighted by atomic mass is 10.1. The van der Waals surface area contributed by atoms with Gasteiger partial charge in [0, 0.05) is 42.5 Å². The lowest BCUT2D eigenvalue weighted by Gasteiger charge is -2.29. The Hall–Kier alpha value is -3.42. The van der Waals surface area contributed by atoms with Crippen LogP contribution in [0.4, 0.5) is 5.69 Å². The van der Waals surface area contributed by atoms with E-state index in [1.807, 2.05) is 37.8 Å². The quantitative estimate of drug-likeness (QED) is 0.648. The molecule has 2 N–H and O–H groups in total. The molecule has 5 rings (SSSR count). The van der Waals surface area contributed by atoms with Gasteiger partial charge in [0.15, 0.2) is 0 Å². The molecule has 1 aliphatic carbocycles. The lowest BCUT2D eigenvalue weighted by molar-refractivity contribution is 0.318. The predicted molar refractivity (Wildman–Crippen MR) is 103 cm³/mol. The van der Waals surface area contributed by atoms with Crippen molar-refractivity contribution >= 4 is 23.4 Å². The summed E-state index contributed by atoms with van der Waals surface area (Å²) in [5.74, 6) is 0.833. The van der Waals surface area contributed by atoms with E-state index in [4.69, 9.17) is 10.2 Å². The number of rotatable bonds is 3. The molecule has 3 aliphatic rings. The van der Waals surface area contributed by atoms with Crippen molar-refractivity contribution in [1.29, 1.82) is 0 Å². The first-order chi connectivity index (χ1) is 13.2. The van der Waals surface area contributed by atoms with Gasteiger partial charge in [0.05, 0.1) is 18.1 Å². The molecule has 0 saturated carbocycles. The molecule has 0 saturated heterocycles. The first kappa shape index (κ1) is 15.8. The molecule has 2 aliphatic heterocycles. The van der Waals surface area contributed by atoms with E-state index < -0.39 is 0 Å². The van der Waals surface area contributed by atoms with E-state index in [-0.39, 0.29) is 12.2 Å². The van der Waals surface area contributed by atoms with E-state index in [9.17, 15) is 0 Å². The normalized spacial score (nSPS) is 24.3. The van der Waals surface area contributed by atoms with E-state index in [0.29, 0.717) is 0 Å². The second-order valence-electron chi connectivity index (χ2n) is 6.87. The highest BCUT2D eigenvalue weighted by molar-refractivity contribution is 6.31. The third kappa shape index (κ3) is 2.61. The van der Waals surface area contributed by atoms with Crippen LogP contribution in [0.15, 0.2) is 58.1 Å². The van der Waals surface area contributed by atoms with Crippen LogP contribution in [0.25, 0.3) is 0 Å². The number of anilines is 1. The zero-order chi connectivity index (χ0) is 18.4. The summed E-state index contributed by atoms with van der Waals surface area (Å²) in [6.45, 7) is 0. The predicted octanol–water partition coefficient (Wildman–Crippen LogP) is 2.29. The van der Waals surface area contributed by atoms with Crippen molar-refractivity contribution in [2.45, 2.75) is 25.0 Å². The Morgan fingerprint density at radius 2 is 2.22 bits per heavy atom. The van der Waals surface area contributed by atoms with Gasteiger partial charge in [-0.25, -0.2) is 0 Å². The first-order valence-corrected chi connectivity index (χ1v) is 8.88. The van der Waals surface area contributed by atoms with Gasteiger partial charge in [0.25, 0.3) is 0 Å². The molecule has 2 atom stereocenters. The average Bonchev–Trinajstić information content (AvgIpc) is 3.38. The number of aryl methyl sites for hydroxylation is 2. The number of hydrogen-bond donors (Lipinski definition) is 2. The van der Waals surface area contributed by atoms with Crippen molar-refractivity contribution in [2.75, 3.05) is 5.32 Å². The van der Waals surface area contributed by atoms with Crippen LogP contribution in [0.2, 0.25) is 0 Å². The summed E-state index contributed by atoms with van der Waals surface area (Å²) in [5.41, 5.74) is 5.04. The van der Waals surface area contributed by atoms with Crippen LogP contribution >= 0.6 is 0 Å². The Morgan fingerprint density at radius 1 is 1.30 bits per heavy atom. The number of aromatic nitrogens is 2. The Kier molecular flexibility index (Phi) is 3.56. The van der Waals surface area contributed by atoms with Gasteiger partial charge in [-0.3, -0.25) is 14.7 Å². The topological polar surface area (TPSA) is 90.4 Å². The number of oxime groups is 1. The maximum absolute atomic E-state index is 9.13. The molecule has 2 aromatic rings. The van der Waals surface area contributed by atoms with Gasteiger partial charge in [-0.2, -0.15) is 5.10 Å². The Labute approximate surface area is 156 Å². The SMILES string of the molecule is Cn1cc(C2N=C3C=NC=CN3C2Nc2ccc3c(c2)CC/C3=N\O)cn1. The van der Waals surface area contributed by atoms with E-state index >= 15 is 0 Å². The number of nitrogens with zero attached hydrogens (tertiary/aromatic N) is 6. The largest absolute Gasteiger partial charge is 0.411 e. The standard InChI is InChI=1S/C19H19N7O/c1-25-11-13(9-21-25)18-19(26-7-6-20-10-17(26)23-18)22-14-3-4-15-12(8-14)2-5-16(15)24-27/h3-4,6-11,18-19,22,27H,2,5H2,1H3/b24-16+. The summed E-state index contributed by atoms with van der Waals surface area (Å²) in [4.78, 5) is 11.1. The molecule has 3 heterocycles. The molecule has 0 amide bonds. The molecule has 27 heavy (non-hydrogen) atoms. The minimum atomic E-state index is -0.0919. The zero-order valence-corrected chi connectivity index (χ0v) is 14.8. The molecular formula is C19H19N7O. The Bertz CT molecular complexity index is 1020. The molecule has 0 radical (unpaired) electrons. The van der Waals surface area contributed by atoms with E-state index in [1.165, 1.54) is 5.56 Å². The summed E-state index contributed by atoms with van der Waals surface area (Å²) in [6, 6.07) is 6.08. The van der Waals surface area contributed by atoms with Gasteiger partial charge in [-0.1, -0.05) is 11.2 Å². The van der Waals surface area contributed by atoms with Crippen molar-refractivity contribution in [2.24, 2.45) is 22.2 Å². The number of amidine groups is 1.